The Morgan fingerprint density at radius 1 is 1.44 bits per heavy atom. The number of rotatable bonds is 4. The van der Waals surface area contributed by atoms with Gasteiger partial charge in [-0.3, -0.25) is 0 Å². The van der Waals surface area contributed by atoms with Crippen molar-refractivity contribution in [2.75, 3.05) is 18.5 Å². The molecule has 1 nitrogen and oxygen atoms in total. The van der Waals surface area contributed by atoms with Crippen LogP contribution in [0.3, 0.4) is 0 Å². The van der Waals surface area contributed by atoms with Crippen molar-refractivity contribution in [1.29, 1.82) is 0 Å². The normalized spacial score (nSPS) is 9.22. The first-order valence-electron chi connectivity index (χ1n) is 3.26. The fourth-order valence-corrected chi connectivity index (χ4v) is 1.94. The second kappa shape index (κ2) is 6.01. The van der Waals surface area contributed by atoms with Crippen LogP contribution in [0.25, 0.3) is 0 Å². The van der Waals surface area contributed by atoms with Crippen molar-refractivity contribution >= 4 is 13.9 Å². The largest absolute Gasteiger partial charge is 0.234 e. The molecule has 0 aliphatic rings. The molecule has 0 amide bonds. The summed E-state index contributed by atoms with van der Waals surface area (Å²) in [4.78, 5) is 9.77. The lowest BCUT2D eigenvalue weighted by Crippen LogP contribution is -1.85. The average molecular weight is 144 g/mol. The standard InChI is InChI=1S/C7H13OP/c1-3-9(4-2)7-5-6-8/h5H,3-4,7H2,1-2H3. The van der Waals surface area contributed by atoms with Crippen LogP contribution in [0.5, 0.6) is 0 Å². The van der Waals surface area contributed by atoms with Crippen molar-refractivity contribution in [3.8, 4) is 0 Å². The summed E-state index contributed by atoms with van der Waals surface area (Å²) in [7, 11) is 0.120. The molecule has 0 aliphatic heterocycles. The minimum atomic E-state index is 0.120. The topological polar surface area (TPSA) is 17.1 Å². The monoisotopic (exact) mass is 144 g/mol. The van der Waals surface area contributed by atoms with Crippen molar-refractivity contribution in [3.63, 3.8) is 0 Å². The molecule has 0 unspecified atom stereocenters. The molecule has 0 fully saturated rings. The molecule has 2 heteroatoms. The van der Waals surface area contributed by atoms with E-state index in [9.17, 15) is 4.79 Å². The molecule has 0 saturated carbocycles. The number of hydrogen-bond donors (Lipinski definition) is 0. The van der Waals surface area contributed by atoms with E-state index in [4.69, 9.17) is 0 Å². The van der Waals surface area contributed by atoms with Crippen molar-refractivity contribution in [2.24, 2.45) is 0 Å². The van der Waals surface area contributed by atoms with Gasteiger partial charge in [0.1, 0.15) is 5.94 Å². The maximum Gasteiger partial charge on any atom is 0.120 e. The van der Waals surface area contributed by atoms with Gasteiger partial charge in [-0.15, -0.1) is 7.92 Å². The van der Waals surface area contributed by atoms with Crippen LogP contribution in [0, 0.1) is 0 Å². The van der Waals surface area contributed by atoms with Crippen molar-refractivity contribution in [1.82, 2.24) is 0 Å². The lowest BCUT2D eigenvalue weighted by molar-refractivity contribution is 0.568. The van der Waals surface area contributed by atoms with Crippen LogP contribution < -0.4 is 0 Å². The van der Waals surface area contributed by atoms with Crippen molar-refractivity contribution in [3.05, 3.63) is 6.08 Å². The molecular formula is C7H13OP. The van der Waals surface area contributed by atoms with E-state index >= 15 is 0 Å². The SMILES string of the molecule is CCP(CC)CC=C=O. The number of hydrogen-bond acceptors (Lipinski definition) is 1. The Hall–Kier alpha value is -0.120. The minimum Gasteiger partial charge on any atom is -0.234 e. The van der Waals surface area contributed by atoms with Crippen LogP contribution in [0.2, 0.25) is 0 Å². The number of allylic oxidation sites excluding steroid dienone is 1. The van der Waals surface area contributed by atoms with Gasteiger partial charge in [0.2, 0.25) is 0 Å². The Bertz CT molecular complexity index is 101. The molecule has 52 valence electrons. The Balaban J connectivity index is 3.42. The summed E-state index contributed by atoms with van der Waals surface area (Å²) >= 11 is 0. The summed E-state index contributed by atoms with van der Waals surface area (Å²) in [6, 6.07) is 0. The maximum atomic E-state index is 9.77. The second-order valence-corrected chi connectivity index (χ2v) is 4.78. The fourth-order valence-electron chi connectivity index (χ4n) is 0.648. The van der Waals surface area contributed by atoms with Gasteiger partial charge in [-0.2, -0.15) is 0 Å². The van der Waals surface area contributed by atoms with Crippen LogP contribution in [0.4, 0.5) is 0 Å². The van der Waals surface area contributed by atoms with E-state index in [1.165, 1.54) is 12.3 Å². The Kier molecular flexibility index (Phi) is 5.93. The van der Waals surface area contributed by atoms with E-state index in [1.54, 1.807) is 6.08 Å². The van der Waals surface area contributed by atoms with Gasteiger partial charge in [0, 0.05) is 6.08 Å². The quantitative estimate of drug-likeness (QED) is 0.435. The third kappa shape index (κ3) is 4.39. The van der Waals surface area contributed by atoms with Crippen molar-refractivity contribution in [2.45, 2.75) is 13.8 Å². The molecule has 0 heterocycles. The zero-order chi connectivity index (χ0) is 7.11. The van der Waals surface area contributed by atoms with Crippen LogP contribution >= 0.6 is 7.92 Å². The van der Waals surface area contributed by atoms with Crippen LogP contribution in [-0.2, 0) is 4.79 Å². The van der Waals surface area contributed by atoms with Gasteiger partial charge in [0.25, 0.3) is 0 Å². The van der Waals surface area contributed by atoms with Gasteiger partial charge in [-0.05, 0) is 18.5 Å². The Labute approximate surface area is 57.9 Å². The van der Waals surface area contributed by atoms with E-state index in [2.05, 4.69) is 13.8 Å². The van der Waals surface area contributed by atoms with Gasteiger partial charge >= 0.3 is 0 Å². The van der Waals surface area contributed by atoms with Gasteiger partial charge in [0.05, 0.1) is 0 Å². The summed E-state index contributed by atoms with van der Waals surface area (Å²) in [5.41, 5.74) is 0. The zero-order valence-corrected chi connectivity index (χ0v) is 6.95. The first kappa shape index (κ1) is 8.88. The Morgan fingerprint density at radius 3 is 2.33 bits per heavy atom. The maximum absolute atomic E-state index is 9.77. The zero-order valence-electron chi connectivity index (χ0n) is 6.05. The van der Waals surface area contributed by atoms with Gasteiger partial charge < -0.3 is 0 Å². The lowest BCUT2D eigenvalue weighted by atomic mass is 10.7. The third-order valence-electron chi connectivity index (χ3n) is 1.33. The van der Waals surface area contributed by atoms with Crippen LogP contribution in [0.1, 0.15) is 13.8 Å². The van der Waals surface area contributed by atoms with Crippen LogP contribution in [0.15, 0.2) is 6.08 Å². The lowest BCUT2D eigenvalue weighted by Gasteiger charge is -2.07. The molecule has 0 spiro atoms. The molecule has 0 aromatic rings. The van der Waals surface area contributed by atoms with E-state index in [0.29, 0.717) is 0 Å². The highest BCUT2D eigenvalue weighted by Gasteiger charge is 1.97. The molecule has 9 heavy (non-hydrogen) atoms. The first-order valence-corrected chi connectivity index (χ1v) is 5.16. The summed E-state index contributed by atoms with van der Waals surface area (Å²) < 4.78 is 0. The molecule has 0 radical (unpaired) electrons. The first-order chi connectivity index (χ1) is 4.35. The molecular weight excluding hydrogens is 131 g/mol. The van der Waals surface area contributed by atoms with E-state index in [1.807, 2.05) is 5.94 Å². The summed E-state index contributed by atoms with van der Waals surface area (Å²) in [6.07, 6.45) is 5.03. The van der Waals surface area contributed by atoms with Gasteiger partial charge in [-0.1, -0.05) is 13.8 Å². The molecule has 0 rings (SSSR count). The van der Waals surface area contributed by atoms with E-state index in [0.717, 1.165) is 6.16 Å². The fraction of sp³-hybridized carbons (Fsp3) is 0.714. The molecule has 0 N–H and O–H groups in total. The van der Waals surface area contributed by atoms with Gasteiger partial charge in [-0.25, -0.2) is 4.79 Å². The summed E-state index contributed by atoms with van der Waals surface area (Å²) in [6.45, 7) is 4.35. The molecule has 0 saturated heterocycles. The second-order valence-electron chi connectivity index (χ2n) is 1.81. The highest BCUT2D eigenvalue weighted by atomic mass is 31.1. The smallest absolute Gasteiger partial charge is 0.120 e. The van der Waals surface area contributed by atoms with Crippen LogP contribution in [-0.4, -0.2) is 24.4 Å². The van der Waals surface area contributed by atoms with E-state index in [-0.39, 0.29) is 7.92 Å². The molecule has 0 atom stereocenters. The molecule has 0 aliphatic carbocycles. The Morgan fingerprint density at radius 2 is 2.00 bits per heavy atom. The predicted octanol–water partition coefficient (Wildman–Crippen LogP) is 1.90. The summed E-state index contributed by atoms with van der Waals surface area (Å²) in [5.74, 6) is 1.81. The van der Waals surface area contributed by atoms with Crippen molar-refractivity contribution < 1.29 is 4.79 Å². The molecule has 0 aromatic carbocycles. The third-order valence-corrected chi connectivity index (χ3v) is 3.82. The molecule has 0 bridgehead atoms. The highest BCUT2D eigenvalue weighted by molar-refractivity contribution is 7.57. The predicted molar refractivity (Wildman–Crippen MR) is 43.1 cm³/mol. The van der Waals surface area contributed by atoms with Gasteiger partial charge in [0.15, 0.2) is 0 Å². The highest BCUT2D eigenvalue weighted by Crippen LogP contribution is 2.33. The average Bonchev–Trinajstić information content (AvgIpc) is 1.91. The minimum absolute atomic E-state index is 0.120. The number of carbonyl (C=O) groups excluding carboxylic acids is 1. The van der Waals surface area contributed by atoms with E-state index < -0.39 is 0 Å². The molecule has 0 aromatic heterocycles. The summed E-state index contributed by atoms with van der Waals surface area (Å²) in [5, 5.41) is 0.